The lowest BCUT2D eigenvalue weighted by Gasteiger charge is -2.05. The maximum absolute atomic E-state index is 12.2. The first-order valence-electron chi connectivity index (χ1n) is 6.47. The van der Waals surface area contributed by atoms with E-state index in [2.05, 4.69) is 4.99 Å². The lowest BCUT2D eigenvalue weighted by molar-refractivity contribution is 0.415. The largest absolute Gasteiger partial charge is 0.497 e. The number of aliphatic imine (C=N–C) groups is 1. The topological polar surface area (TPSA) is 55.7 Å². The van der Waals surface area contributed by atoms with Crippen molar-refractivity contribution in [2.24, 2.45) is 4.99 Å². The van der Waals surface area contributed by atoms with Crippen molar-refractivity contribution in [2.75, 3.05) is 12.9 Å². The molecule has 0 spiro atoms. The maximum Gasteiger partial charge on any atom is 0.183 e. The van der Waals surface area contributed by atoms with Gasteiger partial charge in [0.25, 0.3) is 0 Å². The molecule has 0 heterocycles. The molecular weight excluding hydrogens is 286 g/mol. The van der Waals surface area contributed by atoms with Crippen LogP contribution in [0, 0.1) is 0 Å². The summed E-state index contributed by atoms with van der Waals surface area (Å²) in [5, 5.41) is 0. The van der Waals surface area contributed by atoms with E-state index in [0.29, 0.717) is 16.3 Å². The molecule has 0 aliphatic rings. The smallest absolute Gasteiger partial charge is 0.183 e. The van der Waals surface area contributed by atoms with Crippen molar-refractivity contribution in [2.45, 2.75) is 11.8 Å². The van der Waals surface area contributed by atoms with Crippen molar-refractivity contribution >= 4 is 21.2 Å². The van der Waals surface area contributed by atoms with Crippen molar-refractivity contribution in [1.82, 2.24) is 0 Å². The van der Waals surface area contributed by atoms with E-state index in [1.165, 1.54) is 0 Å². The Bertz CT molecular complexity index is 720. The van der Waals surface area contributed by atoms with Crippen LogP contribution < -0.4 is 4.74 Å². The van der Waals surface area contributed by atoms with Gasteiger partial charge in [0.05, 0.1) is 23.4 Å². The van der Waals surface area contributed by atoms with Gasteiger partial charge in [-0.05, 0) is 43.3 Å². The van der Waals surface area contributed by atoms with Crippen LogP contribution in [0.25, 0.3) is 0 Å². The Balaban J connectivity index is 2.16. The summed E-state index contributed by atoms with van der Waals surface area (Å²) in [6.45, 7) is 1.71. The Labute approximate surface area is 125 Å². The van der Waals surface area contributed by atoms with E-state index in [1.807, 2.05) is 0 Å². The molecule has 0 amide bonds. The SMILES string of the molecule is COc1ccc(N=C(C)CS(=O)(=O)c2ccccc2)cc1. The summed E-state index contributed by atoms with van der Waals surface area (Å²) in [6.07, 6.45) is 0. The third-order valence-electron chi connectivity index (χ3n) is 2.89. The van der Waals surface area contributed by atoms with Crippen LogP contribution >= 0.6 is 0 Å². The highest BCUT2D eigenvalue weighted by Crippen LogP contribution is 2.18. The number of hydrogen-bond acceptors (Lipinski definition) is 4. The normalized spacial score (nSPS) is 12.2. The van der Waals surface area contributed by atoms with Crippen molar-refractivity contribution in [3.8, 4) is 5.75 Å². The van der Waals surface area contributed by atoms with E-state index in [0.717, 1.165) is 5.75 Å². The summed E-state index contributed by atoms with van der Waals surface area (Å²) in [6, 6.07) is 15.6. The lowest BCUT2D eigenvalue weighted by atomic mass is 10.3. The van der Waals surface area contributed by atoms with Gasteiger partial charge in [-0.25, -0.2) is 8.42 Å². The molecule has 110 valence electrons. The van der Waals surface area contributed by atoms with E-state index in [4.69, 9.17) is 4.74 Å². The van der Waals surface area contributed by atoms with E-state index in [9.17, 15) is 8.42 Å². The molecule has 5 heteroatoms. The first-order valence-corrected chi connectivity index (χ1v) is 8.12. The Hall–Kier alpha value is -2.14. The molecule has 0 fully saturated rings. The highest BCUT2D eigenvalue weighted by molar-refractivity contribution is 7.92. The second-order valence-electron chi connectivity index (χ2n) is 4.62. The van der Waals surface area contributed by atoms with Crippen molar-refractivity contribution < 1.29 is 13.2 Å². The molecule has 2 aromatic rings. The fourth-order valence-electron chi connectivity index (χ4n) is 1.90. The maximum atomic E-state index is 12.2. The molecular formula is C16H17NO3S. The molecule has 0 saturated heterocycles. The predicted octanol–water partition coefficient (Wildman–Crippen LogP) is 3.26. The van der Waals surface area contributed by atoms with Gasteiger partial charge in [-0.15, -0.1) is 0 Å². The first-order chi connectivity index (χ1) is 10.0. The van der Waals surface area contributed by atoms with Crippen molar-refractivity contribution in [1.29, 1.82) is 0 Å². The number of methoxy groups -OCH3 is 1. The third kappa shape index (κ3) is 4.16. The van der Waals surface area contributed by atoms with Crippen LogP contribution in [0.4, 0.5) is 5.69 Å². The fourth-order valence-corrected chi connectivity index (χ4v) is 3.25. The zero-order chi connectivity index (χ0) is 15.3. The van der Waals surface area contributed by atoms with Crippen LogP contribution in [-0.4, -0.2) is 27.0 Å². The van der Waals surface area contributed by atoms with Gasteiger partial charge in [-0.3, -0.25) is 4.99 Å². The zero-order valence-electron chi connectivity index (χ0n) is 12.0. The summed E-state index contributed by atoms with van der Waals surface area (Å²) < 4.78 is 29.5. The molecule has 0 radical (unpaired) electrons. The van der Waals surface area contributed by atoms with Gasteiger partial charge in [-0.1, -0.05) is 18.2 Å². The average molecular weight is 303 g/mol. The predicted molar refractivity (Wildman–Crippen MR) is 84.3 cm³/mol. The fraction of sp³-hybridized carbons (Fsp3) is 0.188. The summed E-state index contributed by atoms with van der Waals surface area (Å²) in [5.74, 6) is 0.645. The summed E-state index contributed by atoms with van der Waals surface area (Å²) in [5.41, 5.74) is 1.25. The number of nitrogens with zero attached hydrogens (tertiary/aromatic N) is 1. The molecule has 0 aromatic heterocycles. The number of hydrogen-bond donors (Lipinski definition) is 0. The third-order valence-corrected chi connectivity index (χ3v) is 4.68. The second kappa shape index (κ2) is 6.54. The summed E-state index contributed by atoms with van der Waals surface area (Å²) in [4.78, 5) is 4.64. The van der Waals surface area contributed by atoms with Crippen LogP contribution in [0.3, 0.4) is 0 Å². The van der Waals surface area contributed by atoms with Gasteiger partial charge >= 0.3 is 0 Å². The average Bonchev–Trinajstić information content (AvgIpc) is 2.48. The van der Waals surface area contributed by atoms with E-state index in [1.54, 1.807) is 68.6 Å². The van der Waals surface area contributed by atoms with Crippen LogP contribution in [0.2, 0.25) is 0 Å². The highest BCUT2D eigenvalue weighted by atomic mass is 32.2. The number of rotatable bonds is 5. The first kappa shape index (κ1) is 15.3. The molecule has 0 aliphatic heterocycles. The monoisotopic (exact) mass is 303 g/mol. The van der Waals surface area contributed by atoms with E-state index >= 15 is 0 Å². The zero-order valence-corrected chi connectivity index (χ0v) is 12.8. The Morgan fingerprint density at radius 3 is 2.24 bits per heavy atom. The van der Waals surface area contributed by atoms with Crippen LogP contribution in [0.1, 0.15) is 6.92 Å². The number of sulfone groups is 1. The molecule has 0 aliphatic carbocycles. The van der Waals surface area contributed by atoms with E-state index < -0.39 is 9.84 Å². The minimum absolute atomic E-state index is 0.0942. The lowest BCUT2D eigenvalue weighted by Crippen LogP contribution is -2.13. The number of benzene rings is 2. The molecule has 0 unspecified atom stereocenters. The minimum Gasteiger partial charge on any atom is -0.497 e. The van der Waals surface area contributed by atoms with Crippen molar-refractivity contribution in [3.63, 3.8) is 0 Å². The van der Waals surface area contributed by atoms with Crippen LogP contribution in [-0.2, 0) is 9.84 Å². The van der Waals surface area contributed by atoms with Gasteiger partial charge < -0.3 is 4.74 Å². The minimum atomic E-state index is -3.35. The Kier molecular flexibility index (Phi) is 4.75. The van der Waals surface area contributed by atoms with Crippen LogP contribution in [0.15, 0.2) is 64.5 Å². The van der Waals surface area contributed by atoms with Gasteiger partial charge in [0.1, 0.15) is 5.75 Å². The Morgan fingerprint density at radius 2 is 1.67 bits per heavy atom. The van der Waals surface area contributed by atoms with Gasteiger partial charge in [0, 0.05) is 5.71 Å². The standard InChI is InChI=1S/C16H17NO3S/c1-13(17-14-8-10-15(20-2)11-9-14)12-21(18,19)16-6-4-3-5-7-16/h3-11H,12H2,1-2H3. The second-order valence-corrected chi connectivity index (χ2v) is 6.61. The molecule has 4 nitrogen and oxygen atoms in total. The molecule has 0 saturated carbocycles. The molecule has 0 N–H and O–H groups in total. The summed E-state index contributed by atoms with van der Waals surface area (Å²) in [7, 11) is -1.75. The van der Waals surface area contributed by atoms with Gasteiger partial charge in [0.15, 0.2) is 9.84 Å². The van der Waals surface area contributed by atoms with Crippen LogP contribution in [0.5, 0.6) is 5.75 Å². The molecule has 0 atom stereocenters. The Morgan fingerprint density at radius 1 is 1.05 bits per heavy atom. The molecule has 21 heavy (non-hydrogen) atoms. The van der Waals surface area contributed by atoms with E-state index in [-0.39, 0.29) is 5.75 Å². The quantitative estimate of drug-likeness (QED) is 0.797. The van der Waals surface area contributed by atoms with Crippen molar-refractivity contribution in [3.05, 3.63) is 54.6 Å². The highest BCUT2D eigenvalue weighted by Gasteiger charge is 2.15. The molecule has 2 rings (SSSR count). The van der Waals surface area contributed by atoms with Gasteiger partial charge in [-0.2, -0.15) is 0 Å². The summed E-state index contributed by atoms with van der Waals surface area (Å²) >= 11 is 0. The molecule has 2 aromatic carbocycles. The van der Waals surface area contributed by atoms with Gasteiger partial charge in [0.2, 0.25) is 0 Å². The molecule has 0 bridgehead atoms. The number of ether oxygens (including phenoxy) is 1.